The summed E-state index contributed by atoms with van der Waals surface area (Å²) in [7, 11) is 0. The van der Waals surface area contributed by atoms with Crippen LogP contribution in [0.3, 0.4) is 0 Å². The van der Waals surface area contributed by atoms with Crippen molar-refractivity contribution in [1.29, 1.82) is 0 Å². The van der Waals surface area contributed by atoms with Crippen LogP contribution in [0.4, 0.5) is 0 Å². The van der Waals surface area contributed by atoms with Gasteiger partial charge in [0.1, 0.15) is 0 Å². The van der Waals surface area contributed by atoms with Gasteiger partial charge in [-0.1, -0.05) is 19.3 Å². The van der Waals surface area contributed by atoms with Crippen LogP contribution in [-0.2, 0) is 0 Å². The van der Waals surface area contributed by atoms with E-state index < -0.39 is 0 Å². The minimum Gasteiger partial charge on any atom is -0.327 e. The highest BCUT2D eigenvalue weighted by atomic mass is 15.2. The minimum atomic E-state index is 0.350. The Morgan fingerprint density at radius 2 is 1.63 bits per heavy atom. The Labute approximate surface area is 119 Å². The summed E-state index contributed by atoms with van der Waals surface area (Å²) in [6, 6.07) is 1.86. The second kappa shape index (κ2) is 5.73. The maximum absolute atomic E-state index is 6.24. The third-order valence-electron chi connectivity index (χ3n) is 6.35. The normalized spacial score (nSPS) is 34.7. The number of nitrogens with two attached hydrogens (primary N) is 1. The van der Waals surface area contributed by atoms with Crippen LogP contribution in [-0.4, -0.2) is 29.6 Å². The molecule has 1 spiro atoms. The summed E-state index contributed by atoms with van der Waals surface area (Å²) in [5.41, 5.74) is 7.01. The third-order valence-corrected chi connectivity index (χ3v) is 6.35. The fourth-order valence-electron chi connectivity index (χ4n) is 5.17. The van der Waals surface area contributed by atoms with Crippen LogP contribution in [0.2, 0.25) is 0 Å². The largest absolute Gasteiger partial charge is 0.327 e. The first-order valence-electron chi connectivity index (χ1n) is 8.72. The summed E-state index contributed by atoms with van der Waals surface area (Å²) >= 11 is 0. The van der Waals surface area contributed by atoms with Crippen LogP contribution < -0.4 is 5.73 Å². The molecular formula is C17H32N2. The molecule has 19 heavy (non-hydrogen) atoms. The highest BCUT2D eigenvalue weighted by Gasteiger charge is 2.40. The smallest absolute Gasteiger partial charge is 0.0247 e. The molecule has 2 heteroatoms. The lowest BCUT2D eigenvalue weighted by atomic mass is 9.70. The molecule has 3 rings (SSSR count). The number of piperidine rings is 1. The average Bonchev–Trinajstić information content (AvgIpc) is 2.88. The van der Waals surface area contributed by atoms with Crippen molar-refractivity contribution < 1.29 is 0 Å². The molecule has 2 nitrogen and oxygen atoms in total. The van der Waals surface area contributed by atoms with Gasteiger partial charge >= 0.3 is 0 Å². The predicted octanol–water partition coefficient (Wildman–Crippen LogP) is 3.69. The maximum Gasteiger partial charge on any atom is 0.0247 e. The lowest BCUT2D eigenvalue weighted by molar-refractivity contribution is 0.0327. The van der Waals surface area contributed by atoms with Crippen LogP contribution in [0.1, 0.15) is 77.6 Å². The van der Waals surface area contributed by atoms with Crippen molar-refractivity contribution in [2.24, 2.45) is 11.1 Å². The van der Waals surface area contributed by atoms with Crippen molar-refractivity contribution in [3.63, 3.8) is 0 Å². The van der Waals surface area contributed by atoms with Gasteiger partial charge in [-0.15, -0.1) is 0 Å². The molecule has 0 bridgehead atoms. The fourth-order valence-corrected chi connectivity index (χ4v) is 5.17. The molecule has 3 aliphatic rings. The molecule has 3 fully saturated rings. The molecule has 1 heterocycles. The Hall–Kier alpha value is -0.0800. The second-order valence-electron chi connectivity index (χ2n) is 7.60. The summed E-state index contributed by atoms with van der Waals surface area (Å²) < 4.78 is 0. The standard InChI is InChI=1S/C17H32N2/c1-14(18)16-6-2-5-13-19(16)15-7-11-17(12-8-15)9-3-4-10-17/h14-16H,2-13,18H2,1H3. The Morgan fingerprint density at radius 3 is 2.26 bits per heavy atom. The molecule has 0 radical (unpaired) electrons. The summed E-state index contributed by atoms with van der Waals surface area (Å²) in [6.45, 7) is 3.52. The van der Waals surface area contributed by atoms with Crippen LogP contribution in [0.15, 0.2) is 0 Å². The minimum absolute atomic E-state index is 0.350. The molecule has 1 saturated heterocycles. The highest BCUT2D eigenvalue weighted by Crippen LogP contribution is 2.50. The van der Waals surface area contributed by atoms with Gasteiger partial charge in [-0.25, -0.2) is 0 Å². The van der Waals surface area contributed by atoms with Crippen molar-refractivity contribution in [2.45, 2.75) is 95.7 Å². The molecule has 0 aromatic rings. The molecule has 2 unspecified atom stereocenters. The maximum atomic E-state index is 6.24. The van der Waals surface area contributed by atoms with Crippen LogP contribution in [0.25, 0.3) is 0 Å². The van der Waals surface area contributed by atoms with Crippen molar-refractivity contribution in [2.75, 3.05) is 6.54 Å². The summed E-state index contributed by atoms with van der Waals surface area (Å²) in [5.74, 6) is 0. The lowest BCUT2D eigenvalue weighted by Crippen LogP contribution is -2.54. The predicted molar refractivity (Wildman–Crippen MR) is 81.2 cm³/mol. The summed E-state index contributed by atoms with van der Waals surface area (Å²) in [5, 5.41) is 0. The van der Waals surface area contributed by atoms with E-state index in [1.807, 2.05) is 0 Å². The number of hydrogen-bond acceptors (Lipinski definition) is 2. The fraction of sp³-hybridized carbons (Fsp3) is 1.00. The lowest BCUT2D eigenvalue weighted by Gasteiger charge is -2.47. The monoisotopic (exact) mass is 264 g/mol. The molecule has 0 aromatic carbocycles. The van der Waals surface area contributed by atoms with Gasteiger partial charge in [0.15, 0.2) is 0 Å². The van der Waals surface area contributed by atoms with Crippen molar-refractivity contribution in [3.05, 3.63) is 0 Å². The number of likely N-dealkylation sites (tertiary alicyclic amines) is 1. The van der Waals surface area contributed by atoms with Gasteiger partial charge in [-0.05, 0) is 70.3 Å². The van der Waals surface area contributed by atoms with E-state index in [9.17, 15) is 0 Å². The van der Waals surface area contributed by atoms with Crippen LogP contribution >= 0.6 is 0 Å². The average molecular weight is 264 g/mol. The number of nitrogens with zero attached hydrogens (tertiary/aromatic N) is 1. The molecule has 2 saturated carbocycles. The molecular weight excluding hydrogens is 232 g/mol. The molecule has 0 amide bonds. The van der Waals surface area contributed by atoms with E-state index >= 15 is 0 Å². The van der Waals surface area contributed by atoms with Crippen molar-refractivity contribution in [1.82, 2.24) is 4.90 Å². The number of rotatable bonds is 2. The van der Waals surface area contributed by atoms with Crippen LogP contribution in [0.5, 0.6) is 0 Å². The van der Waals surface area contributed by atoms with Gasteiger partial charge in [0.05, 0.1) is 0 Å². The van der Waals surface area contributed by atoms with Gasteiger partial charge in [-0.3, -0.25) is 4.90 Å². The van der Waals surface area contributed by atoms with Gasteiger partial charge in [0, 0.05) is 18.1 Å². The zero-order valence-corrected chi connectivity index (χ0v) is 12.7. The van der Waals surface area contributed by atoms with E-state index in [-0.39, 0.29) is 0 Å². The molecule has 2 N–H and O–H groups in total. The Balaban J connectivity index is 1.60. The quantitative estimate of drug-likeness (QED) is 0.824. The molecule has 0 aromatic heterocycles. The van der Waals surface area contributed by atoms with Crippen molar-refractivity contribution in [3.8, 4) is 0 Å². The first-order chi connectivity index (χ1) is 9.20. The topological polar surface area (TPSA) is 29.3 Å². The zero-order valence-electron chi connectivity index (χ0n) is 12.7. The number of hydrogen-bond donors (Lipinski definition) is 1. The van der Waals surface area contributed by atoms with E-state index in [0.717, 1.165) is 11.5 Å². The van der Waals surface area contributed by atoms with E-state index in [1.165, 1.54) is 77.2 Å². The van der Waals surface area contributed by atoms with Crippen LogP contribution in [0, 0.1) is 5.41 Å². The zero-order chi connectivity index (χ0) is 13.3. The Morgan fingerprint density at radius 1 is 0.947 bits per heavy atom. The molecule has 2 aliphatic carbocycles. The molecule has 110 valence electrons. The highest BCUT2D eigenvalue weighted by molar-refractivity contribution is 4.95. The van der Waals surface area contributed by atoms with Gasteiger partial charge in [0.2, 0.25) is 0 Å². The summed E-state index contributed by atoms with van der Waals surface area (Å²) in [4.78, 5) is 2.80. The summed E-state index contributed by atoms with van der Waals surface area (Å²) in [6.07, 6.45) is 16.1. The van der Waals surface area contributed by atoms with Crippen molar-refractivity contribution >= 4 is 0 Å². The van der Waals surface area contributed by atoms with E-state index in [4.69, 9.17) is 5.73 Å². The first kappa shape index (κ1) is 13.9. The SMILES string of the molecule is CC(N)C1CCCCN1C1CCC2(CCCC2)CC1. The molecule has 1 aliphatic heterocycles. The van der Waals surface area contributed by atoms with Gasteiger partial charge < -0.3 is 5.73 Å². The second-order valence-corrected chi connectivity index (χ2v) is 7.60. The Bertz CT molecular complexity index is 284. The third kappa shape index (κ3) is 2.85. The Kier molecular flexibility index (Phi) is 4.19. The van der Waals surface area contributed by atoms with E-state index in [1.54, 1.807) is 0 Å². The molecule has 2 atom stereocenters. The van der Waals surface area contributed by atoms with Gasteiger partial charge in [0.25, 0.3) is 0 Å². The van der Waals surface area contributed by atoms with Gasteiger partial charge in [-0.2, -0.15) is 0 Å². The van der Waals surface area contributed by atoms with E-state index in [0.29, 0.717) is 12.1 Å². The first-order valence-corrected chi connectivity index (χ1v) is 8.72. The van der Waals surface area contributed by atoms with E-state index in [2.05, 4.69) is 11.8 Å².